The van der Waals surface area contributed by atoms with Gasteiger partial charge in [0, 0.05) is 19.3 Å². The van der Waals surface area contributed by atoms with E-state index >= 15 is 0 Å². The van der Waals surface area contributed by atoms with E-state index in [2.05, 4.69) is 5.32 Å². The molecule has 3 N–H and O–H groups in total. The number of sulfonamides is 1. The van der Waals surface area contributed by atoms with E-state index in [0.717, 1.165) is 16.8 Å². The Morgan fingerprint density at radius 3 is 2.62 bits per heavy atom. The van der Waals surface area contributed by atoms with Gasteiger partial charge in [-0.1, -0.05) is 6.92 Å². The Kier molecular flexibility index (Phi) is 5.68. The Hall–Kier alpha value is -1.67. The van der Waals surface area contributed by atoms with Gasteiger partial charge < -0.3 is 11.1 Å². The van der Waals surface area contributed by atoms with Gasteiger partial charge in [0.05, 0.1) is 6.54 Å². The van der Waals surface area contributed by atoms with Crippen molar-refractivity contribution in [3.8, 4) is 0 Å². The maximum atomic E-state index is 14.0. The second-order valence-electron chi connectivity index (χ2n) is 4.76. The number of carbonyl (C=O) groups excluding carboxylic acids is 1. The summed E-state index contributed by atoms with van der Waals surface area (Å²) in [6.07, 6.45) is 0.741. The number of anilines is 1. The van der Waals surface area contributed by atoms with Crippen molar-refractivity contribution in [2.75, 3.05) is 25.9 Å². The van der Waals surface area contributed by atoms with Crippen molar-refractivity contribution in [2.24, 2.45) is 0 Å². The van der Waals surface area contributed by atoms with Gasteiger partial charge in [0.25, 0.3) is 0 Å². The molecule has 0 heterocycles. The van der Waals surface area contributed by atoms with Crippen LogP contribution in [-0.2, 0) is 14.8 Å². The molecule has 0 saturated carbocycles. The highest BCUT2D eigenvalue weighted by atomic mass is 32.2. The summed E-state index contributed by atoms with van der Waals surface area (Å²) in [4.78, 5) is 11.1. The minimum Gasteiger partial charge on any atom is -0.399 e. The number of aryl methyl sites for hydroxylation is 1. The first-order valence-corrected chi connectivity index (χ1v) is 7.92. The Morgan fingerprint density at radius 2 is 2.05 bits per heavy atom. The molecule has 1 rings (SSSR count). The Morgan fingerprint density at radius 1 is 1.43 bits per heavy atom. The van der Waals surface area contributed by atoms with Crippen molar-refractivity contribution in [2.45, 2.75) is 25.2 Å². The predicted molar refractivity (Wildman–Crippen MR) is 78.7 cm³/mol. The van der Waals surface area contributed by atoms with Gasteiger partial charge in [0.15, 0.2) is 0 Å². The van der Waals surface area contributed by atoms with Gasteiger partial charge in [-0.15, -0.1) is 0 Å². The number of hydrogen-bond acceptors (Lipinski definition) is 4. The fourth-order valence-corrected chi connectivity index (χ4v) is 3.02. The molecule has 0 aliphatic carbocycles. The summed E-state index contributed by atoms with van der Waals surface area (Å²) in [7, 11) is -2.90. The minimum atomic E-state index is -4.12. The van der Waals surface area contributed by atoms with Crippen LogP contribution in [0.3, 0.4) is 0 Å². The number of nitrogens with one attached hydrogen (secondary N) is 1. The molecular formula is C13H20FN3O3S. The summed E-state index contributed by atoms with van der Waals surface area (Å²) in [5.74, 6) is -1.30. The Bertz CT molecular complexity index is 632. The van der Waals surface area contributed by atoms with Gasteiger partial charge in [0.1, 0.15) is 10.7 Å². The summed E-state index contributed by atoms with van der Waals surface area (Å²) < 4.78 is 39.5. The number of nitrogens with zero attached hydrogens (tertiary/aromatic N) is 1. The molecule has 1 amide bonds. The zero-order valence-electron chi connectivity index (χ0n) is 12.3. The summed E-state index contributed by atoms with van der Waals surface area (Å²) in [6, 6.07) is 2.40. The van der Waals surface area contributed by atoms with Crippen LogP contribution in [0.5, 0.6) is 0 Å². The van der Waals surface area contributed by atoms with E-state index in [1.807, 2.05) is 6.92 Å². The van der Waals surface area contributed by atoms with Crippen LogP contribution in [0.2, 0.25) is 0 Å². The van der Waals surface area contributed by atoms with Crippen molar-refractivity contribution < 1.29 is 17.6 Å². The molecule has 0 aliphatic heterocycles. The first kappa shape index (κ1) is 17.4. The van der Waals surface area contributed by atoms with E-state index in [0.29, 0.717) is 6.54 Å². The lowest BCUT2D eigenvalue weighted by molar-refractivity contribution is -0.121. The summed E-state index contributed by atoms with van der Waals surface area (Å²) >= 11 is 0. The fraction of sp³-hybridized carbons (Fsp3) is 0.462. The van der Waals surface area contributed by atoms with Crippen molar-refractivity contribution >= 4 is 21.6 Å². The third-order valence-corrected chi connectivity index (χ3v) is 4.67. The van der Waals surface area contributed by atoms with Gasteiger partial charge in [-0.05, 0) is 31.0 Å². The molecule has 8 heteroatoms. The maximum absolute atomic E-state index is 14.0. The monoisotopic (exact) mass is 317 g/mol. The highest BCUT2D eigenvalue weighted by Crippen LogP contribution is 2.23. The zero-order valence-corrected chi connectivity index (χ0v) is 13.1. The molecule has 0 radical (unpaired) electrons. The molecule has 21 heavy (non-hydrogen) atoms. The molecule has 0 saturated heterocycles. The maximum Gasteiger partial charge on any atom is 0.246 e. The topological polar surface area (TPSA) is 92.5 Å². The Balaban J connectivity index is 3.03. The van der Waals surface area contributed by atoms with Gasteiger partial charge in [-0.25, -0.2) is 12.8 Å². The smallest absolute Gasteiger partial charge is 0.246 e. The minimum absolute atomic E-state index is 0.136. The predicted octanol–water partition coefficient (Wildman–Crippen LogP) is 0.863. The lowest BCUT2D eigenvalue weighted by Crippen LogP contribution is -2.38. The molecular weight excluding hydrogens is 297 g/mol. The van der Waals surface area contributed by atoms with E-state index < -0.39 is 26.6 Å². The van der Waals surface area contributed by atoms with E-state index in [1.54, 1.807) is 0 Å². The number of amides is 1. The molecule has 0 unspecified atom stereocenters. The van der Waals surface area contributed by atoms with Crippen molar-refractivity contribution in [3.63, 3.8) is 0 Å². The number of nitrogens with two attached hydrogens (primary N) is 1. The number of carbonyl (C=O) groups is 1. The number of rotatable bonds is 6. The highest BCUT2D eigenvalue weighted by Gasteiger charge is 2.27. The third kappa shape index (κ3) is 4.15. The number of halogens is 1. The molecule has 0 aromatic heterocycles. The van der Waals surface area contributed by atoms with E-state index in [4.69, 9.17) is 5.73 Å². The van der Waals surface area contributed by atoms with Gasteiger partial charge in [-0.2, -0.15) is 4.31 Å². The van der Waals surface area contributed by atoms with Crippen LogP contribution in [0.4, 0.5) is 10.1 Å². The molecule has 1 aromatic rings. The van der Waals surface area contributed by atoms with Crippen LogP contribution < -0.4 is 11.1 Å². The number of benzene rings is 1. The summed E-state index contributed by atoms with van der Waals surface area (Å²) in [6.45, 7) is 3.39. The van der Waals surface area contributed by atoms with Crippen LogP contribution in [0.1, 0.15) is 18.9 Å². The molecule has 0 aliphatic rings. The molecule has 1 aromatic carbocycles. The van der Waals surface area contributed by atoms with Crippen LogP contribution in [0, 0.1) is 12.7 Å². The van der Waals surface area contributed by atoms with Crippen LogP contribution in [0.15, 0.2) is 17.0 Å². The van der Waals surface area contributed by atoms with Crippen LogP contribution in [-0.4, -0.2) is 38.8 Å². The summed E-state index contributed by atoms with van der Waals surface area (Å²) in [5.41, 5.74) is 5.85. The summed E-state index contributed by atoms with van der Waals surface area (Å²) in [5, 5.41) is 2.56. The zero-order chi connectivity index (χ0) is 16.2. The SMILES string of the molecule is CCCNC(=O)CN(C)S(=O)(=O)c1cc(N)cc(C)c1F. The standard InChI is InChI=1S/C13H20FN3O3S/c1-4-5-16-12(18)8-17(3)21(19,20)11-7-10(15)6-9(2)13(11)14/h6-7H,4-5,8,15H2,1-3H3,(H,16,18). The number of likely N-dealkylation sites (N-methyl/N-ethyl adjacent to an activating group) is 1. The largest absolute Gasteiger partial charge is 0.399 e. The quantitative estimate of drug-likeness (QED) is 0.761. The number of nitrogen functional groups attached to an aromatic ring is 1. The highest BCUT2D eigenvalue weighted by molar-refractivity contribution is 7.89. The van der Waals surface area contributed by atoms with Gasteiger partial charge in [0.2, 0.25) is 15.9 Å². The first-order chi connectivity index (χ1) is 9.70. The van der Waals surface area contributed by atoms with Crippen molar-refractivity contribution in [1.82, 2.24) is 9.62 Å². The van der Waals surface area contributed by atoms with Crippen LogP contribution in [0.25, 0.3) is 0 Å². The van der Waals surface area contributed by atoms with E-state index in [9.17, 15) is 17.6 Å². The van der Waals surface area contributed by atoms with E-state index in [-0.39, 0.29) is 17.8 Å². The Labute approximate surface area is 124 Å². The average Bonchev–Trinajstić information content (AvgIpc) is 2.40. The van der Waals surface area contributed by atoms with Crippen LogP contribution >= 0.6 is 0 Å². The molecule has 0 atom stereocenters. The van der Waals surface area contributed by atoms with Crippen molar-refractivity contribution in [3.05, 3.63) is 23.5 Å². The van der Waals surface area contributed by atoms with Gasteiger partial charge >= 0.3 is 0 Å². The van der Waals surface area contributed by atoms with Crippen molar-refractivity contribution in [1.29, 1.82) is 0 Å². The second-order valence-corrected chi connectivity index (χ2v) is 6.77. The lowest BCUT2D eigenvalue weighted by atomic mass is 10.2. The van der Waals surface area contributed by atoms with E-state index in [1.165, 1.54) is 20.0 Å². The second kappa shape index (κ2) is 6.86. The molecule has 0 fully saturated rings. The first-order valence-electron chi connectivity index (χ1n) is 6.48. The van der Waals surface area contributed by atoms with Gasteiger partial charge in [-0.3, -0.25) is 4.79 Å². The molecule has 6 nitrogen and oxygen atoms in total. The third-order valence-electron chi connectivity index (χ3n) is 2.87. The molecule has 118 valence electrons. The lowest BCUT2D eigenvalue weighted by Gasteiger charge is -2.18. The average molecular weight is 317 g/mol. The normalized spacial score (nSPS) is 11.7. The fourth-order valence-electron chi connectivity index (χ4n) is 1.73. The molecule has 0 spiro atoms. The number of hydrogen-bond donors (Lipinski definition) is 2. The molecule has 0 bridgehead atoms.